The van der Waals surface area contributed by atoms with Crippen molar-refractivity contribution in [1.82, 2.24) is 0 Å². The number of nitrogens with two attached hydrogens (primary N) is 1. The predicted octanol–water partition coefficient (Wildman–Crippen LogP) is 2.89. The van der Waals surface area contributed by atoms with Crippen molar-refractivity contribution in [1.29, 1.82) is 0 Å². The molecule has 0 heterocycles. The zero-order valence-electron chi connectivity index (χ0n) is 8.74. The summed E-state index contributed by atoms with van der Waals surface area (Å²) in [6.45, 7) is 2.30. The molecule has 0 aliphatic heterocycles. The number of hydrogen-bond donors (Lipinski definition) is 2. The van der Waals surface area contributed by atoms with E-state index in [4.69, 9.17) is 10.8 Å². The molecule has 1 aromatic rings. The van der Waals surface area contributed by atoms with Gasteiger partial charge in [0, 0.05) is 22.5 Å². The van der Waals surface area contributed by atoms with Crippen molar-refractivity contribution in [2.75, 3.05) is 18.1 Å². The SMILES string of the molecule is CC(CO)CSCc1cccc(N)c1Br. The highest BCUT2D eigenvalue weighted by atomic mass is 79.9. The molecule has 0 radical (unpaired) electrons. The van der Waals surface area contributed by atoms with Gasteiger partial charge in [0.15, 0.2) is 0 Å². The molecule has 0 spiro atoms. The summed E-state index contributed by atoms with van der Waals surface area (Å²) in [5, 5.41) is 8.89. The van der Waals surface area contributed by atoms with Crippen molar-refractivity contribution in [3.8, 4) is 0 Å². The van der Waals surface area contributed by atoms with Gasteiger partial charge in [-0.15, -0.1) is 0 Å². The fourth-order valence-electron chi connectivity index (χ4n) is 1.13. The summed E-state index contributed by atoms with van der Waals surface area (Å²) in [4.78, 5) is 0. The Balaban J connectivity index is 2.47. The molecule has 1 unspecified atom stereocenters. The number of rotatable bonds is 5. The molecular formula is C11H16BrNOS. The van der Waals surface area contributed by atoms with E-state index in [1.807, 2.05) is 30.8 Å². The van der Waals surface area contributed by atoms with Crippen molar-refractivity contribution in [3.63, 3.8) is 0 Å². The maximum absolute atomic E-state index is 8.89. The van der Waals surface area contributed by atoms with Crippen molar-refractivity contribution in [3.05, 3.63) is 28.2 Å². The predicted molar refractivity (Wildman–Crippen MR) is 71.0 cm³/mol. The summed E-state index contributed by atoms with van der Waals surface area (Å²) in [5.41, 5.74) is 7.78. The van der Waals surface area contributed by atoms with Crippen LogP contribution in [0.3, 0.4) is 0 Å². The maximum atomic E-state index is 8.89. The van der Waals surface area contributed by atoms with Crippen molar-refractivity contribution < 1.29 is 5.11 Å². The highest BCUT2D eigenvalue weighted by Gasteiger charge is 2.04. The number of halogens is 1. The van der Waals surface area contributed by atoms with Gasteiger partial charge in [0.1, 0.15) is 0 Å². The Labute approximate surface area is 103 Å². The third-order valence-electron chi connectivity index (χ3n) is 2.08. The molecule has 1 rings (SSSR count). The molecule has 0 aromatic heterocycles. The fourth-order valence-corrected chi connectivity index (χ4v) is 2.81. The van der Waals surface area contributed by atoms with E-state index < -0.39 is 0 Å². The average molecular weight is 290 g/mol. The quantitative estimate of drug-likeness (QED) is 0.820. The van der Waals surface area contributed by atoms with Crippen LogP contribution in [0.4, 0.5) is 5.69 Å². The van der Waals surface area contributed by atoms with Crippen LogP contribution < -0.4 is 5.73 Å². The second-order valence-electron chi connectivity index (χ2n) is 3.62. The Bertz CT molecular complexity index is 319. The summed E-state index contributed by atoms with van der Waals surface area (Å²) in [5.74, 6) is 2.25. The first-order valence-electron chi connectivity index (χ1n) is 4.86. The van der Waals surface area contributed by atoms with Gasteiger partial charge in [0.25, 0.3) is 0 Å². The Morgan fingerprint density at radius 3 is 2.93 bits per heavy atom. The minimum atomic E-state index is 0.255. The Kier molecular flexibility index (Phi) is 5.50. The molecule has 84 valence electrons. The van der Waals surface area contributed by atoms with Gasteiger partial charge in [0.2, 0.25) is 0 Å². The van der Waals surface area contributed by atoms with Crippen LogP contribution in [0.5, 0.6) is 0 Å². The van der Waals surface area contributed by atoms with Crippen LogP contribution in [0, 0.1) is 5.92 Å². The topological polar surface area (TPSA) is 46.2 Å². The third-order valence-corrected chi connectivity index (χ3v) is 4.37. The van der Waals surface area contributed by atoms with Crippen molar-refractivity contribution in [2.24, 2.45) is 5.92 Å². The van der Waals surface area contributed by atoms with Crippen LogP contribution >= 0.6 is 27.7 Å². The van der Waals surface area contributed by atoms with E-state index >= 15 is 0 Å². The van der Waals surface area contributed by atoms with Crippen LogP contribution in [-0.2, 0) is 5.75 Å². The highest BCUT2D eigenvalue weighted by Crippen LogP contribution is 2.27. The molecule has 0 bridgehead atoms. The summed E-state index contributed by atoms with van der Waals surface area (Å²) in [6, 6.07) is 5.91. The molecule has 1 atom stereocenters. The summed E-state index contributed by atoms with van der Waals surface area (Å²) < 4.78 is 0.995. The van der Waals surface area contributed by atoms with E-state index in [9.17, 15) is 0 Å². The van der Waals surface area contributed by atoms with Crippen LogP contribution in [-0.4, -0.2) is 17.5 Å². The van der Waals surface area contributed by atoms with Gasteiger partial charge in [-0.25, -0.2) is 0 Å². The van der Waals surface area contributed by atoms with Gasteiger partial charge in [0.05, 0.1) is 0 Å². The van der Waals surface area contributed by atoms with Gasteiger partial charge < -0.3 is 10.8 Å². The Morgan fingerprint density at radius 1 is 1.53 bits per heavy atom. The highest BCUT2D eigenvalue weighted by molar-refractivity contribution is 9.10. The zero-order valence-corrected chi connectivity index (χ0v) is 11.1. The molecule has 4 heteroatoms. The molecule has 2 nitrogen and oxygen atoms in total. The third kappa shape index (κ3) is 4.05. The molecule has 1 aromatic carbocycles. The molecular weight excluding hydrogens is 274 g/mol. The number of aliphatic hydroxyl groups excluding tert-OH is 1. The first-order chi connectivity index (χ1) is 7.15. The standard InChI is InChI=1S/C11H16BrNOS/c1-8(5-14)6-15-7-9-3-2-4-10(13)11(9)12/h2-4,8,14H,5-7,13H2,1H3. The van der Waals surface area contributed by atoms with Gasteiger partial charge in [-0.3, -0.25) is 0 Å². The van der Waals surface area contributed by atoms with Gasteiger partial charge >= 0.3 is 0 Å². The molecule has 0 amide bonds. The maximum Gasteiger partial charge on any atom is 0.0464 e. The number of benzene rings is 1. The minimum Gasteiger partial charge on any atom is -0.398 e. The summed E-state index contributed by atoms with van der Waals surface area (Å²) in [7, 11) is 0. The smallest absolute Gasteiger partial charge is 0.0464 e. The second kappa shape index (κ2) is 6.40. The number of nitrogen functional groups attached to an aromatic ring is 1. The lowest BCUT2D eigenvalue weighted by Crippen LogP contribution is -2.03. The summed E-state index contributed by atoms with van der Waals surface area (Å²) in [6.07, 6.45) is 0. The fraction of sp³-hybridized carbons (Fsp3) is 0.455. The molecule has 0 saturated carbocycles. The van der Waals surface area contributed by atoms with E-state index in [1.54, 1.807) is 0 Å². The van der Waals surface area contributed by atoms with E-state index in [2.05, 4.69) is 22.0 Å². The van der Waals surface area contributed by atoms with E-state index in [1.165, 1.54) is 5.56 Å². The zero-order chi connectivity index (χ0) is 11.3. The van der Waals surface area contributed by atoms with Crippen molar-refractivity contribution in [2.45, 2.75) is 12.7 Å². The van der Waals surface area contributed by atoms with Gasteiger partial charge in [-0.2, -0.15) is 11.8 Å². The Hall–Kier alpha value is -0.190. The van der Waals surface area contributed by atoms with Crippen molar-refractivity contribution >= 4 is 33.4 Å². The molecule has 0 saturated heterocycles. The second-order valence-corrected chi connectivity index (χ2v) is 5.45. The Morgan fingerprint density at radius 2 is 2.27 bits per heavy atom. The number of aliphatic hydroxyl groups is 1. The molecule has 0 aliphatic carbocycles. The molecule has 3 N–H and O–H groups in total. The van der Waals surface area contributed by atoms with Crippen LogP contribution in [0.2, 0.25) is 0 Å². The first kappa shape index (κ1) is 12.9. The molecule has 0 fully saturated rings. The van der Waals surface area contributed by atoms with E-state index in [0.29, 0.717) is 5.92 Å². The lowest BCUT2D eigenvalue weighted by molar-refractivity contribution is 0.250. The lowest BCUT2D eigenvalue weighted by Gasteiger charge is -2.09. The van der Waals surface area contributed by atoms with Crippen LogP contribution in [0.1, 0.15) is 12.5 Å². The average Bonchev–Trinajstić information content (AvgIpc) is 2.24. The first-order valence-corrected chi connectivity index (χ1v) is 6.81. The monoisotopic (exact) mass is 289 g/mol. The van der Waals surface area contributed by atoms with E-state index in [0.717, 1.165) is 21.7 Å². The largest absolute Gasteiger partial charge is 0.398 e. The van der Waals surface area contributed by atoms with Crippen LogP contribution in [0.25, 0.3) is 0 Å². The lowest BCUT2D eigenvalue weighted by atomic mass is 10.2. The molecule has 15 heavy (non-hydrogen) atoms. The number of thioether (sulfide) groups is 1. The van der Waals surface area contributed by atoms with Gasteiger partial charge in [-0.05, 0) is 39.2 Å². The number of anilines is 1. The minimum absolute atomic E-state index is 0.255. The van der Waals surface area contributed by atoms with Crippen LogP contribution in [0.15, 0.2) is 22.7 Å². The summed E-state index contributed by atoms with van der Waals surface area (Å²) >= 11 is 5.29. The van der Waals surface area contributed by atoms with E-state index in [-0.39, 0.29) is 6.61 Å². The molecule has 0 aliphatic rings. The number of hydrogen-bond acceptors (Lipinski definition) is 3. The normalized spacial score (nSPS) is 12.7. The van der Waals surface area contributed by atoms with Gasteiger partial charge in [-0.1, -0.05) is 19.1 Å².